The van der Waals surface area contributed by atoms with Gasteiger partial charge in [-0.25, -0.2) is 0 Å². The molecule has 1 rings (SSSR count). The molecule has 0 atom stereocenters. The zero-order valence-electron chi connectivity index (χ0n) is 8.76. The molecule has 0 fully saturated rings. The van der Waals surface area contributed by atoms with Gasteiger partial charge in [0.2, 0.25) is 0 Å². The van der Waals surface area contributed by atoms with Crippen LogP contribution in [0.15, 0.2) is 18.5 Å². The highest BCUT2D eigenvalue weighted by molar-refractivity contribution is 5.36. The van der Waals surface area contributed by atoms with Gasteiger partial charge in [-0.2, -0.15) is 0 Å². The van der Waals surface area contributed by atoms with Crippen molar-refractivity contribution < 1.29 is 0 Å². The molecule has 70 valence electrons. The third-order valence-corrected chi connectivity index (χ3v) is 0.896. The van der Waals surface area contributed by atoms with E-state index in [1.165, 1.54) is 0 Å². The summed E-state index contributed by atoms with van der Waals surface area (Å²) in [6.07, 6.45) is 3.41. The van der Waals surface area contributed by atoms with Crippen LogP contribution in [0.1, 0.15) is 33.3 Å². The standard InChI is InChI=1S/C6H8N2.2C2H6/c1-5-2-6(7)4-8-3-5;2*1-2/h2-4H,7H2,1H3;2*1-2H3. The smallest absolute Gasteiger partial charge is 0.0503 e. The summed E-state index contributed by atoms with van der Waals surface area (Å²) in [6.45, 7) is 9.96. The first-order valence-electron chi connectivity index (χ1n) is 4.46. The fourth-order valence-corrected chi connectivity index (χ4v) is 0.578. The molecule has 0 aliphatic carbocycles. The summed E-state index contributed by atoms with van der Waals surface area (Å²) in [4.78, 5) is 3.86. The molecule has 1 aromatic heterocycles. The molecule has 0 saturated heterocycles. The number of aromatic nitrogens is 1. The van der Waals surface area contributed by atoms with E-state index < -0.39 is 0 Å². The normalized spacial score (nSPS) is 7.08. The minimum atomic E-state index is 0.727. The van der Waals surface area contributed by atoms with E-state index in [0.29, 0.717) is 0 Å². The van der Waals surface area contributed by atoms with E-state index in [-0.39, 0.29) is 0 Å². The lowest BCUT2D eigenvalue weighted by atomic mass is 10.3. The van der Waals surface area contributed by atoms with Gasteiger partial charge in [0, 0.05) is 12.4 Å². The van der Waals surface area contributed by atoms with Crippen molar-refractivity contribution in [2.24, 2.45) is 0 Å². The summed E-state index contributed by atoms with van der Waals surface area (Å²) in [7, 11) is 0. The van der Waals surface area contributed by atoms with Crippen molar-refractivity contribution in [1.82, 2.24) is 4.98 Å². The third-order valence-electron chi connectivity index (χ3n) is 0.896. The largest absolute Gasteiger partial charge is 0.397 e. The molecule has 0 aliphatic rings. The number of pyridine rings is 1. The average Bonchev–Trinajstić information content (AvgIpc) is 2.11. The van der Waals surface area contributed by atoms with Gasteiger partial charge in [-0.15, -0.1) is 0 Å². The van der Waals surface area contributed by atoms with Crippen molar-refractivity contribution in [2.45, 2.75) is 34.6 Å². The molecule has 2 nitrogen and oxygen atoms in total. The van der Waals surface area contributed by atoms with E-state index in [0.717, 1.165) is 11.3 Å². The first kappa shape index (κ1) is 13.5. The summed E-state index contributed by atoms with van der Waals surface area (Å²) >= 11 is 0. The molecule has 0 aromatic carbocycles. The molecule has 0 spiro atoms. The van der Waals surface area contributed by atoms with Crippen molar-refractivity contribution in [1.29, 1.82) is 0 Å². The molecule has 0 aliphatic heterocycles. The molecule has 0 saturated carbocycles. The summed E-state index contributed by atoms with van der Waals surface area (Å²) in [5.74, 6) is 0. The molecule has 0 amide bonds. The first-order valence-corrected chi connectivity index (χ1v) is 4.46. The highest BCUT2D eigenvalue weighted by Crippen LogP contribution is 1.99. The molecular formula is C10H20N2. The van der Waals surface area contributed by atoms with Crippen LogP contribution in [-0.2, 0) is 0 Å². The van der Waals surface area contributed by atoms with Crippen molar-refractivity contribution in [3.05, 3.63) is 24.0 Å². The van der Waals surface area contributed by atoms with Gasteiger partial charge in [0.05, 0.1) is 5.69 Å². The molecular weight excluding hydrogens is 148 g/mol. The lowest BCUT2D eigenvalue weighted by molar-refractivity contribution is 1.27. The van der Waals surface area contributed by atoms with Gasteiger partial charge < -0.3 is 5.73 Å². The maximum absolute atomic E-state index is 5.40. The topological polar surface area (TPSA) is 38.9 Å². The van der Waals surface area contributed by atoms with Crippen LogP contribution in [0, 0.1) is 6.92 Å². The Bertz CT molecular complexity index is 168. The first-order chi connectivity index (χ1) is 5.79. The van der Waals surface area contributed by atoms with Crippen LogP contribution in [-0.4, -0.2) is 4.98 Å². The number of rotatable bonds is 0. The van der Waals surface area contributed by atoms with E-state index in [1.807, 2.05) is 40.7 Å². The Kier molecular flexibility index (Phi) is 11.2. The van der Waals surface area contributed by atoms with Gasteiger partial charge in [-0.3, -0.25) is 4.98 Å². The molecule has 2 N–H and O–H groups in total. The molecule has 0 bridgehead atoms. The van der Waals surface area contributed by atoms with Crippen LogP contribution in [0.4, 0.5) is 5.69 Å². The van der Waals surface area contributed by atoms with E-state index in [1.54, 1.807) is 12.4 Å². The maximum Gasteiger partial charge on any atom is 0.0503 e. The second kappa shape index (κ2) is 9.95. The zero-order valence-corrected chi connectivity index (χ0v) is 8.76. The number of nitrogens with zero attached hydrogens (tertiary/aromatic N) is 1. The summed E-state index contributed by atoms with van der Waals surface area (Å²) in [5.41, 5.74) is 7.22. The maximum atomic E-state index is 5.40. The molecule has 0 radical (unpaired) electrons. The molecule has 2 heteroatoms. The second-order valence-electron chi connectivity index (χ2n) is 1.80. The van der Waals surface area contributed by atoms with Crippen LogP contribution < -0.4 is 5.73 Å². The Labute approximate surface area is 75.8 Å². The number of hydrogen-bond donors (Lipinski definition) is 1. The van der Waals surface area contributed by atoms with Gasteiger partial charge in [0.1, 0.15) is 0 Å². The monoisotopic (exact) mass is 168 g/mol. The highest BCUT2D eigenvalue weighted by atomic mass is 14.7. The molecule has 1 aromatic rings. The lowest BCUT2D eigenvalue weighted by Gasteiger charge is -1.90. The quantitative estimate of drug-likeness (QED) is 0.646. The van der Waals surface area contributed by atoms with Gasteiger partial charge in [0.25, 0.3) is 0 Å². The number of anilines is 1. The van der Waals surface area contributed by atoms with Gasteiger partial charge in [-0.1, -0.05) is 27.7 Å². The van der Waals surface area contributed by atoms with E-state index in [4.69, 9.17) is 5.73 Å². The second-order valence-corrected chi connectivity index (χ2v) is 1.80. The SMILES string of the molecule is CC.CC.Cc1cncc(N)c1. The van der Waals surface area contributed by atoms with Crippen LogP contribution >= 0.6 is 0 Å². The average molecular weight is 168 g/mol. The number of nitrogen functional groups attached to an aromatic ring is 1. The van der Waals surface area contributed by atoms with E-state index >= 15 is 0 Å². The van der Waals surface area contributed by atoms with Gasteiger partial charge in [-0.05, 0) is 18.6 Å². The van der Waals surface area contributed by atoms with Crippen LogP contribution in [0.2, 0.25) is 0 Å². The Balaban J connectivity index is 0. The van der Waals surface area contributed by atoms with Crippen molar-refractivity contribution in [2.75, 3.05) is 5.73 Å². The Morgan fingerprint density at radius 3 is 1.83 bits per heavy atom. The number of hydrogen-bond acceptors (Lipinski definition) is 2. The molecule has 12 heavy (non-hydrogen) atoms. The van der Waals surface area contributed by atoms with Crippen molar-refractivity contribution in [3.8, 4) is 0 Å². The fourth-order valence-electron chi connectivity index (χ4n) is 0.578. The third kappa shape index (κ3) is 7.06. The summed E-state index contributed by atoms with van der Waals surface area (Å²) in [6, 6.07) is 1.88. The number of aryl methyl sites for hydroxylation is 1. The Hall–Kier alpha value is -1.05. The molecule has 0 unspecified atom stereocenters. The molecule has 1 heterocycles. The predicted octanol–water partition coefficient (Wildman–Crippen LogP) is 3.02. The van der Waals surface area contributed by atoms with E-state index in [9.17, 15) is 0 Å². The van der Waals surface area contributed by atoms with Crippen LogP contribution in [0.3, 0.4) is 0 Å². The minimum Gasteiger partial charge on any atom is -0.397 e. The van der Waals surface area contributed by atoms with E-state index in [2.05, 4.69) is 4.98 Å². The number of nitrogens with two attached hydrogens (primary N) is 1. The fraction of sp³-hybridized carbons (Fsp3) is 0.500. The Morgan fingerprint density at radius 2 is 1.58 bits per heavy atom. The lowest BCUT2D eigenvalue weighted by Crippen LogP contribution is -1.85. The van der Waals surface area contributed by atoms with Crippen LogP contribution in [0.5, 0.6) is 0 Å². The van der Waals surface area contributed by atoms with Gasteiger partial charge >= 0.3 is 0 Å². The van der Waals surface area contributed by atoms with Crippen LogP contribution in [0.25, 0.3) is 0 Å². The Morgan fingerprint density at radius 1 is 1.08 bits per heavy atom. The zero-order chi connectivity index (χ0) is 9.98. The van der Waals surface area contributed by atoms with Crippen molar-refractivity contribution in [3.63, 3.8) is 0 Å². The van der Waals surface area contributed by atoms with Crippen molar-refractivity contribution >= 4 is 5.69 Å². The highest BCUT2D eigenvalue weighted by Gasteiger charge is 1.82. The van der Waals surface area contributed by atoms with Gasteiger partial charge in [0.15, 0.2) is 0 Å². The summed E-state index contributed by atoms with van der Waals surface area (Å²) in [5, 5.41) is 0. The minimum absolute atomic E-state index is 0.727. The predicted molar refractivity (Wildman–Crippen MR) is 56.1 cm³/mol. The summed E-state index contributed by atoms with van der Waals surface area (Å²) < 4.78 is 0.